The van der Waals surface area contributed by atoms with Crippen LogP contribution in [0.3, 0.4) is 0 Å². The van der Waals surface area contributed by atoms with Crippen LogP contribution in [0.15, 0.2) is 66.7 Å². The fraction of sp³-hybridized carbons (Fsp3) is 0.269. The normalized spacial score (nSPS) is 21.8. The van der Waals surface area contributed by atoms with Crippen LogP contribution >= 0.6 is 0 Å². The van der Waals surface area contributed by atoms with Gasteiger partial charge >= 0.3 is 5.97 Å². The van der Waals surface area contributed by atoms with E-state index >= 15 is 0 Å². The zero-order valence-corrected chi connectivity index (χ0v) is 18.1. The highest BCUT2D eigenvalue weighted by Crippen LogP contribution is 2.48. The molecule has 2 aliphatic rings. The molecule has 5 rings (SSSR count). The summed E-state index contributed by atoms with van der Waals surface area (Å²) in [5, 5.41) is 10.3. The number of halogens is 1. The first-order chi connectivity index (χ1) is 16.0. The van der Waals surface area contributed by atoms with Crippen LogP contribution in [0.25, 0.3) is 0 Å². The van der Waals surface area contributed by atoms with Crippen LogP contribution < -0.4 is 14.2 Å². The highest BCUT2D eigenvalue weighted by molar-refractivity contribution is 5.74. The first-order valence-corrected chi connectivity index (χ1v) is 10.8. The maximum absolute atomic E-state index is 13.4. The van der Waals surface area contributed by atoms with E-state index in [1.165, 1.54) is 12.1 Å². The van der Waals surface area contributed by atoms with Gasteiger partial charge in [0.25, 0.3) is 0 Å². The third-order valence-corrected chi connectivity index (χ3v) is 6.46. The summed E-state index contributed by atoms with van der Waals surface area (Å²) in [5.41, 5.74) is 2.71. The van der Waals surface area contributed by atoms with Gasteiger partial charge < -0.3 is 19.3 Å². The average Bonchev–Trinajstić information content (AvgIpc) is 3.45. The van der Waals surface area contributed by atoms with Crippen molar-refractivity contribution >= 4 is 5.97 Å². The van der Waals surface area contributed by atoms with Crippen LogP contribution in [-0.2, 0) is 11.3 Å². The number of hydrogen-bond donors (Lipinski definition) is 1. The van der Waals surface area contributed by atoms with E-state index in [0.29, 0.717) is 30.3 Å². The molecule has 3 unspecified atom stereocenters. The summed E-state index contributed by atoms with van der Waals surface area (Å²) in [4.78, 5) is 14.8. The van der Waals surface area contributed by atoms with Gasteiger partial charge in [0.2, 0.25) is 6.79 Å². The van der Waals surface area contributed by atoms with E-state index in [1.807, 2.05) is 42.5 Å². The zero-order chi connectivity index (χ0) is 22.9. The van der Waals surface area contributed by atoms with E-state index < -0.39 is 11.9 Å². The summed E-state index contributed by atoms with van der Waals surface area (Å²) in [7, 11) is 1.60. The molecule has 170 valence electrons. The number of hydrogen-bond acceptors (Lipinski definition) is 5. The van der Waals surface area contributed by atoms with Gasteiger partial charge in [-0.25, -0.2) is 4.39 Å². The molecule has 1 fully saturated rings. The number of likely N-dealkylation sites (tertiary alicyclic amines) is 1. The Morgan fingerprint density at radius 3 is 2.42 bits per heavy atom. The molecule has 0 spiro atoms. The minimum absolute atomic E-state index is 0.164. The predicted octanol–water partition coefficient (Wildman–Crippen LogP) is 4.60. The number of carboxylic acids is 1. The number of nitrogens with zero attached hydrogens (tertiary/aromatic N) is 1. The minimum Gasteiger partial charge on any atom is -0.497 e. The minimum atomic E-state index is -0.861. The van der Waals surface area contributed by atoms with Gasteiger partial charge in [0, 0.05) is 25.0 Å². The number of carbonyl (C=O) groups is 1. The van der Waals surface area contributed by atoms with E-state index in [2.05, 4.69) is 4.90 Å². The topological polar surface area (TPSA) is 68.2 Å². The number of carboxylic acid groups (broad SMARTS) is 1. The lowest BCUT2D eigenvalue weighted by atomic mass is 9.82. The van der Waals surface area contributed by atoms with Crippen molar-refractivity contribution in [3.63, 3.8) is 0 Å². The van der Waals surface area contributed by atoms with Crippen molar-refractivity contribution in [1.82, 2.24) is 4.90 Å². The van der Waals surface area contributed by atoms with Crippen molar-refractivity contribution in [2.75, 3.05) is 20.4 Å². The molecule has 0 saturated carbocycles. The van der Waals surface area contributed by atoms with Crippen molar-refractivity contribution in [3.05, 3.63) is 89.2 Å². The highest BCUT2D eigenvalue weighted by atomic mass is 19.1. The number of fused-ring (bicyclic) bond motifs is 1. The Balaban J connectivity index is 1.54. The summed E-state index contributed by atoms with van der Waals surface area (Å²) in [6, 6.07) is 19.1. The molecule has 0 radical (unpaired) electrons. The molecule has 1 N–H and O–H groups in total. The second-order valence-electron chi connectivity index (χ2n) is 8.36. The van der Waals surface area contributed by atoms with Gasteiger partial charge in [-0.2, -0.15) is 0 Å². The molecule has 2 heterocycles. The number of aliphatic carboxylic acids is 1. The lowest BCUT2D eigenvalue weighted by Gasteiger charge is -2.27. The van der Waals surface area contributed by atoms with E-state index in [0.717, 1.165) is 16.7 Å². The summed E-state index contributed by atoms with van der Waals surface area (Å²) in [5.74, 6) is -0.0912. The van der Waals surface area contributed by atoms with E-state index in [-0.39, 0.29) is 24.6 Å². The molecule has 0 bridgehead atoms. The first-order valence-electron chi connectivity index (χ1n) is 10.8. The second-order valence-corrected chi connectivity index (χ2v) is 8.36. The smallest absolute Gasteiger partial charge is 0.309 e. The monoisotopic (exact) mass is 449 g/mol. The molecule has 6 nitrogen and oxygen atoms in total. The van der Waals surface area contributed by atoms with E-state index in [1.54, 1.807) is 19.2 Å². The Hall–Kier alpha value is -3.58. The SMILES string of the molecule is COc1ccc(C2C(C(=O)O)C(c3ccc4c(c3)OCO4)CN2Cc2ccc(F)cc2)cc1. The Morgan fingerprint density at radius 2 is 1.73 bits per heavy atom. The fourth-order valence-electron chi connectivity index (χ4n) is 4.90. The van der Waals surface area contributed by atoms with Gasteiger partial charge in [-0.05, 0) is 53.1 Å². The largest absolute Gasteiger partial charge is 0.497 e. The molecular formula is C26H24FNO5. The van der Waals surface area contributed by atoms with Crippen LogP contribution in [0.2, 0.25) is 0 Å². The van der Waals surface area contributed by atoms with E-state index in [9.17, 15) is 14.3 Å². The van der Waals surface area contributed by atoms with Gasteiger partial charge in [-0.3, -0.25) is 9.69 Å². The number of rotatable bonds is 6. The van der Waals surface area contributed by atoms with Crippen LogP contribution in [0, 0.1) is 11.7 Å². The Labute approximate surface area is 191 Å². The Kier molecular flexibility index (Phi) is 5.64. The molecule has 1 saturated heterocycles. The van der Waals surface area contributed by atoms with Gasteiger partial charge in [0.05, 0.1) is 13.0 Å². The van der Waals surface area contributed by atoms with Crippen molar-refractivity contribution in [2.45, 2.75) is 18.5 Å². The quantitative estimate of drug-likeness (QED) is 0.593. The molecule has 0 aliphatic carbocycles. The van der Waals surface area contributed by atoms with Crippen molar-refractivity contribution in [1.29, 1.82) is 0 Å². The van der Waals surface area contributed by atoms with Gasteiger partial charge in [0.15, 0.2) is 11.5 Å². The molecule has 3 atom stereocenters. The van der Waals surface area contributed by atoms with E-state index in [4.69, 9.17) is 14.2 Å². The molecule has 7 heteroatoms. The second kappa shape index (κ2) is 8.75. The molecule has 3 aromatic carbocycles. The third kappa shape index (κ3) is 4.12. The summed E-state index contributed by atoms with van der Waals surface area (Å²) in [6.07, 6.45) is 0. The lowest BCUT2D eigenvalue weighted by molar-refractivity contribution is -0.143. The first kappa shape index (κ1) is 21.3. The lowest BCUT2D eigenvalue weighted by Crippen LogP contribution is -2.28. The summed E-state index contributed by atoms with van der Waals surface area (Å²) in [6.45, 7) is 1.20. The highest BCUT2D eigenvalue weighted by Gasteiger charge is 2.47. The molecule has 0 aromatic heterocycles. The number of ether oxygens (including phenoxy) is 3. The fourth-order valence-corrected chi connectivity index (χ4v) is 4.90. The third-order valence-electron chi connectivity index (χ3n) is 6.46. The van der Waals surface area contributed by atoms with Gasteiger partial charge in [-0.1, -0.05) is 30.3 Å². The standard InChI is InChI=1S/C26H24FNO5/c1-31-20-9-4-17(5-10-20)25-24(26(29)30)21(18-6-11-22-23(12-18)33-15-32-22)14-28(25)13-16-2-7-19(27)8-3-16/h2-12,21,24-25H,13-15H2,1H3,(H,29,30). The predicted molar refractivity (Wildman–Crippen MR) is 119 cm³/mol. The Bertz CT molecular complexity index is 1150. The van der Waals surface area contributed by atoms with Crippen molar-refractivity contribution < 1.29 is 28.5 Å². The zero-order valence-electron chi connectivity index (χ0n) is 18.1. The van der Waals surface area contributed by atoms with Crippen molar-refractivity contribution in [2.24, 2.45) is 5.92 Å². The molecule has 33 heavy (non-hydrogen) atoms. The number of methoxy groups -OCH3 is 1. The molecule has 3 aromatic rings. The summed E-state index contributed by atoms with van der Waals surface area (Å²) < 4.78 is 29.7. The number of benzene rings is 3. The molecule has 0 amide bonds. The summed E-state index contributed by atoms with van der Waals surface area (Å²) >= 11 is 0. The average molecular weight is 449 g/mol. The molecule has 2 aliphatic heterocycles. The maximum atomic E-state index is 13.4. The van der Waals surface area contributed by atoms with Gasteiger partial charge in [-0.15, -0.1) is 0 Å². The van der Waals surface area contributed by atoms with Crippen LogP contribution in [0.4, 0.5) is 4.39 Å². The van der Waals surface area contributed by atoms with Crippen LogP contribution in [-0.4, -0.2) is 36.4 Å². The van der Waals surface area contributed by atoms with Crippen LogP contribution in [0.1, 0.15) is 28.7 Å². The van der Waals surface area contributed by atoms with Crippen LogP contribution in [0.5, 0.6) is 17.2 Å². The maximum Gasteiger partial charge on any atom is 0.309 e. The Morgan fingerprint density at radius 1 is 1.03 bits per heavy atom. The molecular weight excluding hydrogens is 425 g/mol. The van der Waals surface area contributed by atoms with Crippen molar-refractivity contribution in [3.8, 4) is 17.2 Å². The van der Waals surface area contributed by atoms with Gasteiger partial charge in [0.1, 0.15) is 11.6 Å².